The first-order chi connectivity index (χ1) is 9.19. The Morgan fingerprint density at radius 2 is 1.55 bits per heavy atom. The number of carbonyl (C=O) groups is 2. The Kier molecular flexibility index (Phi) is 5.84. The van der Waals surface area contributed by atoms with Gasteiger partial charge in [0.25, 0.3) is 0 Å². The van der Waals surface area contributed by atoms with Crippen LogP contribution >= 0.6 is 0 Å². The van der Waals surface area contributed by atoms with Gasteiger partial charge in [0.1, 0.15) is 5.60 Å². The fourth-order valence-electron chi connectivity index (χ4n) is 2.04. The minimum atomic E-state index is -0.471. The Morgan fingerprint density at radius 3 is 2.00 bits per heavy atom. The fraction of sp³-hybridized carbons (Fsp3) is 0.867. The number of hydrogen-bond acceptors (Lipinski definition) is 3. The zero-order valence-corrected chi connectivity index (χ0v) is 13.4. The lowest BCUT2D eigenvalue weighted by Crippen LogP contribution is -2.51. The summed E-state index contributed by atoms with van der Waals surface area (Å²) in [6, 6.07) is 0. The van der Waals surface area contributed by atoms with Crippen molar-refractivity contribution in [3.63, 3.8) is 0 Å². The Balaban J connectivity index is 2.36. The van der Waals surface area contributed by atoms with Crippen LogP contribution in [0.1, 0.15) is 47.5 Å². The van der Waals surface area contributed by atoms with Crippen molar-refractivity contribution in [1.82, 2.24) is 9.80 Å². The van der Waals surface area contributed by atoms with Crippen LogP contribution in [-0.2, 0) is 9.53 Å². The van der Waals surface area contributed by atoms with Crippen molar-refractivity contribution in [1.29, 1.82) is 0 Å². The second kappa shape index (κ2) is 6.95. The van der Waals surface area contributed by atoms with Gasteiger partial charge in [-0.15, -0.1) is 0 Å². The highest BCUT2D eigenvalue weighted by Gasteiger charge is 2.27. The molecule has 1 rings (SSSR count). The summed E-state index contributed by atoms with van der Waals surface area (Å²) in [6.07, 6.45) is 1.24. The minimum Gasteiger partial charge on any atom is -0.444 e. The molecule has 5 nitrogen and oxygen atoms in total. The summed E-state index contributed by atoms with van der Waals surface area (Å²) in [5, 5.41) is 0. The monoisotopic (exact) mass is 284 g/mol. The lowest BCUT2D eigenvalue weighted by atomic mass is 10.1. The highest BCUT2D eigenvalue weighted by atomic mass is 16.6. The quantitative estimate of drug-likeness (QED) is 0.800. The molecule has 0 atom stereocenters. The molecule has 0 radical (unpaired) electrons. The van der Waals surface area contributed by atoms with Crippen LogP contribution in [0.2, 0.25) is 0 Å². The molecule has 20 heavy (non-hydrogen) atoms. The third-order valence-electron chi connectivity index (χ3n) is 3.22. The van der Waals surface area contributed by atoms with Crippen molar-refractivity contribution in [3.05, 3.63) is 0 Å². The lowest BCUT2D eigenvalue weighted by molar-refractivity contribution is -0.133. The van der Waals surface area contributed by atoms with Crippen LogP contribution in [0.5, 0.6) is 0 Å². The average Bonchev–Trinajstić information content (AvgIpc) is 2.34. The van der Waals surface area contributed by atoms with Gasteiger partial charge in [-0.3, -0.25) is 4.79 Å². The van der Waals surface area contributed by atoms with Gasteiger partial charge in [-0.1, -0.05) is 13.8 Å². The fourth-order valence-corrected chi connectivity index (χ4v) is 2.04. The molecule has 0 unspecified atom stereocenters. The van der Waals surface area contributed by atoms with Crippen LogP contribution < -0.4 is 0 Å². The maximum Gasteiger partial charge on any atom is 0.410 e. The maximum atomic E-state index is 12.0. The second-order valence-electron chi connectivity index (χ2n) is 6.78. The van der Waals surface area contributed by atoms with E-state index in [1.807, 2.05) is 25.7 Å². The zero-order chi connectivity index (χ0) is 15.3. The Bertz CT molecular complexity index is 340. The van der Waals surface area contributed by atoms with Gasteiger partial charge in [0.15, 0.2) is 0 Å². The largest absolute Gasteiger partial charge is 0.444 e. The van der Waals surface area contributed by atoms with Crippen molar-refractivity contribution in [2.24, 2.45) is 5.92 Å². The summed E-state index contributed by atoms with van der Waals surface area (Å²) >= 11 is 0. The highest BCUT2D eigenvalue weighted by Crippen LogP contribution is 2.13. The topological polar surface area (TPSA) is 49.9 Å². The molecule has 5 heteroatoms. The Hall–Kier alpha value is -1.26. The van der Waals surface area contributed by atoms with E-state index in [1.165, 1.54) is 0 Å². The van der Waals surface area contributed by atoms with E-state index in [0.717, 1.165) is 6.42 Å². The van der Waals surface area contributed by atoms with E-state index in [4.69, 9.17) is 4.74 Å². The van der Waals surface area contributed by atoms with Crippen molar-refractivity contribution >= 4 is 12.0 Å². The Morgan fingerprint density at radius 1 is 1.05 bits per heavy atom. The van der Waals surface area contributed by atoms with E-state index in [2.05, 4.69) is 13.8 Å². The van der Waals surface area contributed by atoms with E-state index >= 15 is 0 Å². The van der Waals surface area contributed by atoms with E-state index in [1.54, 1.807) is 4.90 Å². The van der Waals surface area contributed by atoms with Crippen molar-refractivity contribution in [3.8, 4) is 0 Å². The van der Waals surface area contributed by atoms with Gasteiger partial charge in [0.2, 0.25) is 5.91 Å². The van der Waals surface area contributed by atoms with Crippen molar-refractivity contribution < 1.29 is 14.3 Å². The molecule has 1 saturated heterocycles. The molecule has 1 fully saturated rings. The molecule has 2 amide bonds. The number of rotatable bonds is 3. The molecule has 0 aromatic rings. The molecule has 0 spiro atoms. The number of carbonyl (C=O) groups excluding carboxylic acids is 2. The molecule has 0 aromatic carbocycles. The number of nitrogens with zero attached hydrogens (tertiary/aromatic N) is 2. The summed E-state index contributed by atoms with van der Waals surface area (Å²) in [5.74, 6) is 0.740. The smallest absolute Gasteiger partial charge is 0.410 e. The van der Waals surface area contributed by atoms with Gasteiger partial charge in [0, 0.05) is 32.6 Å². The summed E-state index contributed by atoms with van der Waals surface area (Å²) in [7, 11) is 0. The van der Waals surface area contributed by atoms with Gasteiger partial charge >= 0.3 is 6.09 Å². The van der Waals surface area contributed by atoms with Gasteiger partial charge in [-0.2, -0.15) is 0 Å². The highest BCUT2D eigenvalue weighted by molar-refractivity contribution is 5.76. The molecule has 0 aromatic heterocycles. The summed E-state index contributed by atoms with van der Waals surface area (Å²) in [5.41, 5.74) is -0.471. The molecule has 0 aliphatic carbocycles. The lowest BCUT2D eigenvalue weighted by Gasteiger charge is -2.35. The van der Waals surface area contributed by atoms with E-state index < -0.39 is 5.60 Å². The molecule has 1 aliphatic rings. The van der Waals surface area contributed by atoms with Crippen molar-refractivity contribution in [2.75, 3.05) is 26.2 Å². The van der Waals surface area contributed by atoms with Gasteiger partial charge in [0.05, 0.1) is 0 Å². The SMILES string of the molecule is CC(C)CCC(=O)N1CCN(C(=O)OC(C)(C)C)CC1. The van der Waals surface area contributed by atoms with Gasteiger partial charge in [-0.05, 0) is 33.1 Å². The van der Waals surface area contributed by atoms with E-state index in [9.17, 15) is 9.59 Å². The standard InChI is InChI=1S/C15H28N2O3/c1-12(2)6-7-13(18)16-8-10-17(11-9-16)14(19)20-15(3,4)5/h12H,6-11H2,1-5H3. The van der Waals surface area contributed by atoms with Crippen LogP contribution in [-0.4, -0.2) is 53.6 Å². The van der Waals surface area contributed by atoms with E-state index in [-0.39, 0.29) is 12.0 Å². The molecular formula is C15H28N2O3. The second-order valence-corrected chi connectivity index (χ2v) is 6.78. The molecule has 116 valence electrons. The molecule has 1 aliphatic heterocycles. The van der Waals surface area contributed by atoms with E-state index in [0.29, 0.717) is 38.5 Å². The first-order valence-corrected chi connectivity index (χ1v) is 7.45. The first kappa shape index (κ1) is 16.8. The Labute approximate surface area is 122 Å². The van der Waals surface area contributed by atoms with Crippen LogP contribution in [0.3, 0.4) is 0 Å². The summed E-state index contributed by atoms with van der Waals surface area (Å²) < 4.78 is 5.34. The number of ether oxygens (including phenoxy) is 1. The predicted octanol–water partition coefficient (Wildman–Crippen LogP) is 2.50. The molecule has 0 N–H and O–H groups in total. The number of hydrogen-bond donors (Lipinski definition) is 0. The maximum absolute atomic E-state index is 12.0. The van der Waals surface area contributed by atoms with Gasteiger partial charge < -0.3 is 14.5 Å². The number of piperazine rings is 1. The summed E-state index contributed by atoms with van der Waals surface area (Å²) in [4.78, 5) is 27.4. The molecule has 0 saturated carbocycles. The average molecular weight is 284 g/mol. The van der Waals surface area contributed by atoms with Gasteiger partial charge in [-0.25, -0.2) is 4.79 Å². The van der Waals surface area contributed by atoms with Crippen LogP contribution in [0.15, 0.2) is 0 Å². The summed E-state index contributed by atoms with van der Waals surface area (Å²) in [6.45, 7) is 12.1. The van der Waals surface area contributed by atoms with Crippen LogP contribution in [0, 0.1) is 5.92 Å². The molecule has 0 bridgehead atoms. The van der Waals surface area contributed by atoms with Crippen LogP contribution in [0.25, 0.3) is 0 Å². The third kappa shape index (κ3) is 5.80. The molecular weight excluding hydrogens is 256 g/mol. The zero-order valence-electron chi connectivity index (χ0n) is 13.4. The van der Waals surface area contributed by atoms with Crippen molar-refractivity contribution in [2.45, 2.75) is 53.1 Å². The third-order valence-corrected chi connectivity index (χ3v) is 3.22. The first-order valence-electron chi connectivity index (χ1n) is 7.45. The molecule has 1 heterocycles. The van der Waals surface area contributed by atoms with Crippen LogP contribution in [0.4, 0.5) is 4.79 Å². The predicted molar refractivity (Wildman–Crippen MR) is 78.5 cm³/mol. The minimum absolute atomic E-state index is 0.197. The number of amides is 2. The normalized spacial score (nSPS) is 16.5.